The molecule has 7 aliphatic rings. The van der Waals surface area contributed by atoms with Gasteiger partial charge in [0.2, 0.25) is 0 Å². The minimum Gasteiger partial charge on any atom is -0.394 e. The highest BCUT2D eigenvalue weighted by atomic mass is 16.8. The van der Waals surface area contributed by atoms with E-state index in [0.29, 0.717) is 36.5 Å². The van der Waals surface area contributed by atoms with E-state index in [2.05, 4.69) is 26.8 Å². The van der Waals surface area contributed by atoms with E-state index in [-0.39, 0.29) is 22.9 Å². The van der Waals surface area contributed by atoms with E-state index in [1.807, 2.05) is 0 Å². The molecule has 17 nitrogen and oxygen atoms in total. The van der Waals surface area contributed by atoms with E-state index in [1.165, 1.54) is 19.4 Å². The van der Waals surface area contributed by atoms with Gasteiger partial charge in [0.1, 0.15) is 48.8 Å². The summed E-state index contributed by atoms with van der Waals surface area (Å²) in [6.07, 6.45) is -14.2. The molecule has 0 aromatic heterocycles. The lowest BCUT2D eigenvalue weighted by Crippen LogP contribution is -2.61. The molecule has 4 aliphatic carbocycles. The van der Waals surface area contributed by atoms with E-state index in [0.717, 1.165) is 32.1 Å². The van der Waals surface area contributed by atoms with Crippen LogP contribution >= 0.6 is 0 Å². The Labute approximate surface area is 333 Å². The summed E-state index contributed by atoms with van der Waals surface area (Å²) in [5, 5.41) is 105. The van der Waals surface area contributed by atoms with Crippen molar-refractivity contribution in [2.45, 2.75) is 184 Å². The molecular weight excluding hydrogens is 752 g/mol. The van der Waals surface area contributed by atoms with Crippen molar-refractivity contribution in [2.24, 2.45) is 40.4 Å². The van der Waals surface area contributed by atoms with Gasteiger partial charge in [0, 0.05) is 5.92 Å². The molecule has 3 heterocycles. The van der Waals surface area contributed by atoms with Crippen molar-refractivity contribution < 1.29 is 84.2 Å². The van der Waals surface area contributed by atoms with Crippen LogP contribution in [0, 0.1) is 40.4 Å². The van der Waals surface area contributed by atoms with Gasteiger partial charge in [0.15, 0.2) is 31.5 Å². The van der Waals surface area contributed by atoms with Gasteiger partial charge in [-0.3, -0.25) is 0 Å². The second kappa shape index (κ2) is 17.1. The standard InChI is InChI=1S/C40H66O17/c1-16-27-24(53-35(16)50)13-23-21-7-6-19-12-20(8-10-39(19,4)22(21)9-11-40(23,27)5)52-38(34(17(2)43)57-36-32(48)30(46)28(44)18(3)51-36)56-26(15-42)55-37-33(49)31(47)29(45)25(14-41)54-37/h6,16-18,20-38,41-50H,7-15H2,1-5H3. The number of aliphatic hydroxyl groups excluding tert-OH is 10. The Balaban J connectivity index is 1.10. The van der Waals surface area contributed by atoms with Gasteiger partial charge in [0.25, 0.3) is 0 Å². The molecule has 0 bridgehead atoms. The maximum Gasteiger partial charge on any atom is 0.189 e. The van der Waals surface area contributed by atoms with Gasteiger partial charge in [-0.1, -0.05) is 32.4 Å². The highest BCUT2D eigenvalue weighted by molar-refractivity contribution is 5.26. The summed E-state index contributed by atoms with van der Waals surface area (Å²) in [6, 6.07) is 0. The lowest BCUT2D eigenvalue weighted by molar-refractivity contribution is -0.382. The molecule has 7 rings (SSSR count). The van der Waals surface area contributed by atoms with Crippen molar-refractivity contribution in [3.63, 3.8) is 0 Å². The molecule has 3 aliphatic heterocycles. The molecule has 10 N–H and O–H groups in total. The van der Waals surface area contributed by atoms with Gasteiger partial charge in [-0.25, -0.2) is 0 Å². The van der Waals surface area contributed by atoms with Gasteiger partial charge in [-0.05, 0) is 93.3 Å². The predicted molar refractivity (Wildman–Crippen MR) is 195 cm³/mol. The van der Waals surface area contributed by atoms with Crippen LogP contribution in [0.4, 0.5) is 0 Å². The first kappa shape index (κ1) is 44.1. The molecule has 328 valence electrons. The number of aliphatic hydroxyl groups is 10. The third-order valence-electron chi connectivity index (χ3n) is 15.2. The smallest absolute Gasteiger partial charge is 0.189 e. The minimum atomic E-state index is -1.80. The summed E-state index contributed by atoms with van der Waals surface area (Å²) in [7, 11) is 0. The molecule has 17 heteroatoms. The lowest BCUT2D eigenvalue weighted by atomic mass is 9.47. The third kappa shape index (κ3) is 7.90. The van der Waals surface area contributed by atoms with Crippen molar-refractivity contribution >= 4 is 0 Å². The molecule has 57 heavy (non-hydrogen) atoms. The first-order valence-electron chi connectivity index (χ1n) is 20.9. The zero-order valence-electron chi connectivity index (χ0n) is 33.5. The average Bonchev–Trinajstić information content (AvgIpc) is 3.64. The van der Waals surface area contributed by atoms with Crippen LogP contribution in [0.2, 0.25) is 0 Å². The van der Waals surface area contributed by atoms with Crippen LogP contribution in [0.5, 0.6) is 0 Å². The van der Waals surface area contributed by atoms with Crippen molar-refractivity contribution in [3.05, 3.63) is 11.6 Å². The van der Waals surface area contributed by atoms with Crippen LogP contribution in [0.1, 0.15) is 79.6 Å². The highest BCUT2D eigenvalue weighted by Gasteiger charge is 2.65. The maximum absolute atomic E-state index is 11.1. The molecule has 6 fully saturated rings. The van der Waals surface area contributed by atoms with Crippen LogP contribution in [0.3, 0.4) is 0 Å². The first-order valence-corrected chi connectivity index (χ1v) is 20.9. The number of allylic oxidation sites excluding steroid dienone is 1. The Hall–Kier alpha value is -0.940. The van der Waals surface area contributed by atoms with E-state index in [9.17, 15) is 51.1 Å². The van der Waals surface area contributed by atoms with Crippen LogP contribution in [0.15, 0.2) is 11.6 Å². The SMILES string of the molecule is CC(O)C(OC1OC(C)C(O)C(O)C1O)C(OC1CCC2(C)C(=CCC3C2CCC2(C)C3CC3OC(O)C(C)C32)C1)OC(CO)OC1OC(CO)C(O)C(O)C1O. The van der Waals surface area contributed by atoms with Crippen LogP contribution in [-0.2, 0) is 33.2 Å². The zero-order chi connectivity index (χ0) is 41.3. The largest absolute Gasteiger partial charge is 0.394 e. The molecule has 0 aromatic rings. The zero-order valence-corrected chi connectivity index (χ0v) is 33.5. The lowest BCUT2D eigenvalue weighted by Gasteiger charge is -2.58. The van der Waals surface area contributed by atoms with Crippen molar-refractivity contribution in [1.29, 1.82) is 0 Å². The van der Waals surface area contributed by atoms with Crippen molar-refractivity contribution in [1.82, 2.24) is 0 Å². The number of ether oxygens (including phenoxy) is 7. The third-order valence-corrected chi connectivity index (χ3v) is 15.2. The molecule has 0 amide bonds. The first-order chi connectivity index (χ1) is 26.9. The summed E-state index contributed by atoms with van der Waals surface area (Å²) in [5.74, 6) is 1.87. The van der Waals surface area contributed by atoms with E-state index in [4.69, 9.17) is 33.2 Å². The summed E-state index contributed by atoms with van der Waals surface area (Å²) in [5.41, 5.74) is 1.29. The molecule has 24 unspecified atom stereocenters. The number of fused-ring (bicyclic) bond motifs is 7. The molecule has 3 saturated carbocycles. The van der Waals surface area contributed by atoms with Gasteiger partial charge in [-0.2, -0.15) is 0 Å². The van der Waals surface area contributed by atoms with Gasteiger partial charge in [-0.15, -0.1) is 0 Å². The second-order valence-electron chi connectivity index (χ2n) is 18.5. The van der Waals surface area contributed by atoms with Crippen molar-refractivity contribution in [3.8, 4) is 0 Å². The summed E-state index contributed by atoms with van der Waals surface area (Å²) >= 11 is 0. The molecule has 0 radical (unpaired) electrons. The Morgan fingerprint density at radius 1 is 0.807 bits per heavy atom. The highest BCUT2D eigenvalue weighted by Crippen LogP contribution is 2.69. The fraction of sp³-hybridized carbons (Fsp3) is 0.950. The Morgan fingerprint density at radius 3 is 2.16 bits per heavy atom. The van der Waals surface area contributed by atoms with Crippen LogP contribution in [-0.4, -0.2) is 169 Å². The molecule has 0 spiro atoms. The van der Waals surface area contributed by atoms with E-state index >= 15 is 0 Å². The summed E-state index contributed by atoms with van der Waals surface area (Å²) in [4.78, 5) is 0. The quantitative estimate of drug-likeness (QED) is 0.0835. The molecular formula is C40H66O17. The predicted octanol–water partition coefficient (Wildman–Crippen LogP) is -1.02. The maximum atomic E-state index is 11.1. The second-order valence-corrected chi connectivity index (χ2v) is 18.5. The fourth-order valence-corrected chi connectivity index (χ4v) is 12.0. The van der Waals surface area contributed by atoms with Crippen molar-refractivity contribution in [2.75, 3.05) is 13.2 Å². The van der Waals surface area contributed by atoms with Crippen LogP contribution < -0.4 is 0 Å². The summed E-state index contributed by atoms with van der Waals surface area (Å²) in [6.45, 7) is 8.20. The fourth-order valence-electron chi connectivity index (χ4n) is 12.0. The summed E-state index contributed by atoms with van der Waals surface area (Å²) < 4.78 is 41.8. The Kier molecular flexibility index (Phi) is 13.2. The number of hydrogen-bond acceptors (Lipinski definition) is 17. The molecule has 3 saturated heterocycles. The Morgan fingerprint density at radius 2 is 1.49 bits per heavy atom. The molecule has 24 atom stereocenters. The minimum absolute atomic E-state index is 0.0798. The topological polar surface area (TPSA) is 267 Å². The monoisotopic (exact) mass is 818 g/mol. The van der Waals surface area contributed by atoms with E-state index in [1.54, 1.807) is 0 Å². The number of hydrogen-bond donors (Lipinski definition) is 10. The van der Waals surface area contributed by atoms with Gasteiger partial charge in [0.05, 0.1) is 37.6 Å². The number of rotatable bonds is 12. The molecule has 0 aromatic carbocycles. The Bertz CT molecular complexity index is 1400. The van der Waals surface area contributed by atoms with Crippen LogP contribution in [0.25, 0.3) is 0 Å². The van der Waals surface area contributed by atoms with Gasteiger partial charge >= 0.3 is 0 Å². The normalized spacial score (nSPS) is 51.8. The van der Waals surface area contributed by atoms with Gasteiger partial charge < -0.3 is 84.2 Å². The van der Waals surface area contributed by atoms with E-state index < -0.39 is 112 Å². The average molecular weight is 819 g/mol.